The Labute approximate surface area is 431 Å². The van der Waals surface area contributed by atoms with E-state index in [9.17, 15) is 24.0 Å². The van der Waals surface area contributed by atoms with Crippen molar-refractivity contribution in [3.05, 3.63) is 124 Å². The van der Waals surface area contributed by atoms with E-state index in [1.54, 1.807) is 72.5 Å². The van der Waals surface area contributed by atoms with E-state index < -0.39 is 23.9 Å². The van der Waals surface area contributed by atoms with E-state index in [4.69, 9.17) is 40.1 Å². The number of fused-ring (bicyclic) bond motifs is 8. The average Bonchev–Trinajstić information content (AvgIpc) is 3.87. The van der Waals surface area contributed by atoms with Crippen molar-refractivity contribution in [2.24, 2.45) is 9.98 Å². The summed E-state index contributed by atoms with van der Waals surface area (Å²) in [6.07, 6.45) is 7.62. The van der Waals surface area contributed by atoms with E-state index in [0.29, 0.717) is 81.6 Å². The first-order chi connectivity index (χ1) is 35.0. The van der Waals surface area contributed by atoms with Crippen LogP contribution in [0.3, 0.4) is 0 Å². The normalized spacial score (nSPS) is 17.3. The van der Waals surface area contributed by atoms with Gasteiger partial charge in [-0.25, -0.2) is 0 Å². The highest BCUT2D eigenvalue weighted by Gasteiger charge is 2.38. The van der Waals surface area contributed by atoms with Crippen LogP contribution in [0.1, 0.15) is 83.5 Å². The fraction of sp³-hybridized carbons (Fsp3) is 0.327. The van der Waals surface area contributed by atoms with Crippen LogP contribution in [0.4, 0.5) is 28.4 Å². The van der Waals surface area contributed by atoms with Gasteiger partial charge in [0.05, 0.1) is 48.8 Å². The number of rotatable bonds is 17. The zero-order chi connectivity index (χ0) is 51.7. The van der Waals surface area contributed by atoms with Crippen LogP contribution in [0.15, 0.2) is 101 Å². The van der Waals surface area contributed by atoms with Gasteiger partial charge >= 0.3 is 0 Å². The summed E-state index contributed by atoms with van der Waals surface area (Å²) in [6, 6.07) is 25.3. The minimum atomic E-state index is -0.999. The van der Waals surface area contributed by atoms with E-state index in [2.05, 4.69) is 16.0 Å². The number of ether oxygens (including phenoxy) is 4. The molecule has 0 spiro atoms. The summed E-state index contributed by atoms with van der Waals surface area (Å²) in [7, 11) is 2.68. The molecule has 16 nitrogen and oxygen atoms in total. The van der Waals surface area contributed by atoms with Crippen LogP contribution < -0.4 is 44.7 Å². The van der Waals surface area contributed by atoms with Crippen LogP contribution >= 0.6 is 0 Å². The minimum absolute atomic E-state index is 0.0160. The van der Waals surface area contributed by atoms with E-state index in [1.165, 1.54) is 14.2 Å². The van der Waals surface area contributed by atoms with E-state index in [-0.39, 0.29) is 63.6 Å². The Bertz CT molecular complexity index is 2980. The van der Waals surface area contributed by atoms with Crippen molar-refractivity contribution in [3.63, 3.8) is 0 Å². The maximum Gasteiger partial charge on any atom is 0.261 e. The highest BCUT2D eigenvalue weighted by molar-refractivity contribution is 8.29. The number of hydrogen-bond donors (Lipinski definition) is 3. The Morgan fingerprint density at radius 2 is 1.18 bits per heavy atom. The topological polar surface area (TPSA) is 190 Å². The molecular formula is C55H57N7O9S2. The molecule has 73 heavy (non-hydrogen) atoms. The largest absolute Gasteiger partial charge is 0.493 e. The molecule has 9 rings (SSSR count). The number of carbonyl (C=O) groups is 5. The van der Waals surface area contributed by atoms with Crippen molar-refractivity contribution in [1.82, 2.24) is 10.6 Å². The summed E-state index contributed by atoms with van der Waals surface area (Å²) in [6.45, 7) is 7.12. The van der Waals surface area contributed by atoms with Gasteiger partial charge in [0.25, 0.3) is 11.8 Å². The third-order valence-electron chi connectivity index (χ3n) is 13.6. The number of aliphatic imine (C=N–C) groups is 2. The molecule has 0 fully saturated rings. The molecule has 378 valence electrons. The minimum Gasteiger partial charge on any atom is -0.493 e. The number of benzene rings is 5. The summed E-state index contributed by atoms with van der Waals surface area (Å²) in [5, 5.41) is 8.36. The molecule has 5 aromatic rings. The van der Waals surface area contributed by atoms with Gasteiger partial charge in [-0.15, -0.1) is 9.45 Å². The SMILES string of the molecule is COc1cc2c(cc1OCc1cc(COc3cc4c(cc3OC)C(=O)N3c5ccccc5C[C@H]3C=N4)cc(NC(=O)[C@H](C)NC(=O)[C@H](C)NC(=O)CCC(C)(C)S(C)=S)c1)N=C[C@@H]1Cc3ccccc3N1C2=O. The molecule has 0 radical (unpaired) electrons. The monoisotopic (exact) mass is 1020 g/mol. The van der Waals surface area contributed by atoms with Gasteiger partial charge in [0.15, 0.2) is 23.0 Å². The van der Waals surface area contributed by atoms with Gasteiger partial charge in [0.2, 0.25) is 17.7 Å². The average molecular weight is 1020 g/mol. The van der Waals surface area contributed by atoms with Gasteiger partial charge in [-0.05, 0) is 91.2 Å². The fourth-order valence-electron chi connectivity index (χ4n) is 9.29. The van der Waals surface area contributed by atoms with Crippen LogP contribution in [-0.2, 0) is 61.1 Å². The molecular weight excluding hydrogens is 967 g/mol. The molecule has 5 amide bonds. The number of nitrogens with one attached hydrogen (secondary N) is 3. The number of methoxy groups -OCH3 is 2. The van der Waals surface area contributed by atoms with Crippen LogP contribution in [0.2, 0.25) is 0 Å². The molecule has 4 heterocycles. The summed E-state index contributed by atoms with van der Waals surface area (Å²) in [4.78, 5) is 80.9. The zero-order valence-electron chi connectivity index (χ0n) is 41.6. The first kappa shape index (κ1) is 50.5. The van der Waals surface area contributed by atoms with Gasteiger partial charge in [0.1, 0.15) is 25.3 Å². The number of hydrogen-bond acceptors (Lipinski definition) is 12. The van der Waals surface area contributed by atoms with Gasteiger partial charge in [-0.3, -0.25) is 43.8 Å². The van der Waals surface area contributed by atoms with Crippen molar-refractivity contribution in [1.29, 1.82) is 0 Å². The maximum absolute atomic E-state index is 14.1. The predicted octanol–water partition coefficient (Wildman–Crippen LogP) is 7.65. The maximum atomic E-state index is 14.1. The first-order valence-electron chi connectivity index (χ1n) is 24.0. The Morgan fingerprint density at radius 3 is 1.66 bits per heavy atom. The molecule has 0 saturated carbocycles. The number of anilines is 3. The summed E-state index contributed by atoms with van der Waals surface area (Å²) in [5.41, 5.74) is 7.09. The smallest absolute Gasteiger partial charge is 0.261 e. The second-order valence-corrected chi connectivity index (χ2v) is 22.6. The van der Waals surface area contributed by atoms with Crippen molar-refractivity contribution >= 4 is 91.0 Å². The molecule has 0 aromatic heterocycles. The summed E-state index contributed by atoms with van der Waals surface area (Å²) >= 11 is 5.45. The number of para-hydroxylation sites is 2. The van der Waals surface area contributed by atoms with E-state index >= 15 is 0 Å². The molecule has 0 bridgehead atoms. The Balaban J connectivity index is 0.945. The lowest BCUT2D eigenvalue weighted by Gasteiger charge is -2.24. The Kier molecular flexibility index (Phi) is 14.5. The van der Waals surface area contributed by atoms with Gasteiger partial charge in [-0.1, -0.05) is 61.4 Å². The molecule has 0 saturated heterocycles. The third-order valence-corrected chi connectivity index (χ3v) is 16.7. The molecule has 5 aromatic carbocycles. The van der Waals surface area contributed by atoms with Gasteiger partial charge in [-0.2, -0.15) is 0 Å². The van der Waals surface area contributed by atoms with Crippen molar-refractivity contribution in [2.75, 3.05) is 35.6 Å². The van der Waals surface area contributed by atoms with Crippen molar-refractivity contribution < 1.29 is 42.9 Å². The second-order valence-electron chi connectivity index (χ2n) is 19.1. The van der Waals surface area contributed by atoms with Crippen molar-refractivity contribution in [3.8, 4) is 23.0 Å². The number of carbonyl (C=O) groups excluding carboxylic acids is 5. The van der Waals surface area contributed by atoms with Gasteiger partial charge < -0.3 is 34.9 Å². The summed E-state index contributed by atoms with van der Waals surface area (Å²) in [5.74, 6) is -0.388. The fourth-order valence-corrected chi connectivity index (χ4v) is 9.93. The molecule has 5 atom stereocenters. The van der Waals surface area contributed by atoms with Crippen LogP contribution in [0, 0.1) is 0 Å². The Hall–Kier alpha value is -7.44. The molecule has 3 N–H and O–H groups in total. The van der Waals surface area contributed by atoms with Crippen LogP contribution in [-0.4, -0.2) is 91.4 Å². The summed E-state index contributed by atoms with van der Waals surface area (Å²) < 4.78 is 24.2. The second kappa shape index (κ2) is 21.0. The van der Waals surface area contributed by atoms with Crippen molar-refractivity contribution in [2.45, 2.75) is 95.5 Å². The third kappa shape index (κ3) is 10.6. The lowest BCUT2D eigenvalue weighted by Crippen LogP contribution is -2.50. The molecule has 4 aliphatic rings. The van der Waals surface area contributed by atoms with Gasteiger partial charge in [0, 0.05) is 65.6 Å². The van der Waals surface area contributed by atoms with E-state index in [0.717, 1.165) is 22.5 Å². The van der Waals surface area contributed by atoms with Crippen LogP contribution in [0.25, 0.3) is 0 Å². The molecule has 18 heteroatoms. The molecule has 4 aliphatic heterocycles. The first-order valence-corrected chi connectivity index (χ1v) is 26.6. The number of nitrogens with zero attached hydrogens (tertiary/aromatic N) is 4. The quantitative estimate of drug-likeness (QED) is 0.0835. The molecule has 0 aliphatic carbocycles. The standard InChI is InChI=1S/C55H57N7O9S2/c1-31(58-50(63)16-17-55(3,4)73(7)72)51(64)59-32(2)52(65)60-37-19-33(29-70-48-25-42-40(23-46(48)68-5)53(66)61-38(27-56-42)21-35-12-8-10-14-44(35)61)18-34(20-37)30-71-49-26-43-41(24-47(49)69-6)54(67)62-39(28-57-43)22-36-13-9-11-15-45(36)62/h8-15,18-20,23-28,31-32,38-39H,16-17,21-22,29-30H2,1-7H3,(H,58,63)(H,59,64)(H,60,65)/t31-,32-,38-,39-,73?/m0/s1. The van der Waals surface area contributed by atoms with E-state index in [1.807, 2.05) is 74.7 Å². The lowest BCUT2D eigenvalue weighted by molar-refractivity contribution is -0.130. The highest BCUT2D eigenvalue weighted by Crippen LogP contribution is 2.43. The zero-order valence-corrected chi connectivity index (χ0v) is 43.3. The highest BCUT2D eigenvalue weighted by atomic mass is 32.8. The predicted molar refractivity (Wildman–Crippen MR) is 287 cm³/mol. The van der Waals surface area contributed by atoms with Crippen LogP contribution in [0.5, 0.6) is 23.0 Å². The molecule has 1 unspecified atom stereocenters. The Morgan fingerprint density at radius 1 is 0.699 bits per heavy atom. The lowest BCUT2D eigenvalue weighted by atomic mass is 10.1. The number of amides is 5.